The van der Waals surface area contributed by atoms with Crippen molar-refractivity contribution < 1.29 is 4.39 Å². The molecule has 110 valence electrons. The largest absolute Gasteiger partial charge is 0.334 e. The van der Waals surface area contributed by atoms with Crippen LogP contribution in [0.15, 0.2) is 23.0 Å². The Hall–Kier alpha value is -1.79. The monoisotopic (exact) mass is 305 g/mol. The summed E-state index contributed by atoms with van der Waals surface area (Å²) in [5, 5.41) is 0. The number of aromatic nitrogens is 2. The summed E-state index contributed by atoms with van der Waals surface area (Å²) >= 11 is 5.01. The second kappa shape index (κ2) is 5.54. The summed E-state index contributed by atoms with van der Waals surface area (Å²) in [6.07, 6.45) is 0.672. The van der Waals surface area contributed by atoms with Gasteiger partial charge in [-0.2, -0.15) is 0 Å². The lowest BCUT2D eigenvalue weighted by Gasteiger charge is -2.27. The van der Waals surface area contributed by atoms with Crippen LogP contribution in [0.3, 0.4) is 0 Å². The zero-order valence-electron chi connectivity index (χ0n) is 11.7. The lowest BCUT2D eigenvalue weighted by molar-refractivity contribution is 0.240. The Morgan fingerprint density at radius 1 is 1.38 bits per heavy atom. The molecule has 0 radical (unpaired) electrons. The Balaban J connectivity index is 1.81. The first kappa shape index (κ1) is 14.2. The topological polar surface area (TPSA) is 51.9 Å². The maximum Gasteiger partial charge on any atom is 0.255 e. The third-order valence-electron chi connectivity index (χ3n) is 3.83. The Kier molecular flexibility index (Phi) is 3.73. The van der Waals surface area contributed by atoms with E-state index < -0.39 is 0 Å². The molecular formula is C15H16FN3OS. The van der Waals surface area contributed by atoms with Crippen LogP contribution >= 0.6 is 12.2 Å². The van der Waals surface area contributed by atoms with Crippen molar-refractivity contribution in [3.8, 4) is 0 Å². The first-order chi connectivity index (χ1) is 10.0. The zero-order chi connectivity index (χ0) is 15.0. The summed E-state index contributed by atoms with van der Waals surface area (Å²) in [5.74, 6) is -0.180. The van der Waals surface area contributed by atoms with Crippen LogP contribution in [0.25, 0.3) is 0 Å². The van der Waals surface area contributed by atoms with Crippen molar-refractivity contribution in [1.29, 1.82) is 0 Å². The number of nitrogens with zero attached hydrogens (tertiary/aromatic N) is 1. The maximum atomic E-state index is 13.6. The quantitative estimate of drug-likeness (QED) is 0.838. The fourth-order valence-electron chi connectivity index (χ4n) is 2.66. The summed E-state index contributed by atoms with van der Waals surface area (Å²) < 4.78 is 13.9. The molecule has 1 aromatic carbocycles. The highest BCUT2D eigenvalue weighted by Gasteiger charge is 2.19. The van der Waals surface area contributed by atoms with E-state index in [0.29, 0.717) is 29.8 Å². The first-order valence-electron chi connectivity index (χ1n) is 6.84. The van der Waals surface area contributed by atoms with Crippen molar-refractivity contribution in [2.75, 3.05) is 6.54 Å². The summed E-state index contributed by atoms with van der Waals surface area (Å²) in [6.45, 7) is 3.81. The number of aryl methyl sites for hydroxylation is 1. The Bertz CT molecular complexity index is 796. The van der Waals surface area contributed by atoms with Gasteiger partial charge < -0.3 is 4.98 Å². The predicted molar refractivity (Wildman–Crippen MR) is 81.2 cm³/mol. The molecule has 21 heavy (non-hydrogen) atoms. The highest BCUT2D eigenvalue weighted by atomic mass is 32.1. The molecule has 6 heteroatoms. The summed E-state index contributed by atoms with van der Waals surface area (Å²) in [7, 11) is 0. The molecule has 1 aromatic heterocycles. The molecule has 0 aliphatic carbocycles. The van der Waals surface area contributed by atoms with Crippen molar-refractivity contribution in [2.24, 2.45) is 0 Å². The normalized spacial score (nSPS) is 15.0. The zero-order valence-corrected chi connectivity index (χ0v) is 12.5. The van der Waals surface area contributed by atoms with Gasteiger partial charge in [-0.25, -0.2) is 4.39 Å². The minimum absolute atomic E-state index is 0.102. The Labute approximate surface area is 126 Å². The molecule has 2 N–H and O–H groups in total. The Morgan fingerprint density at radius 2 is 2.19 bits per heavy atom. The fourth-order valence-corrected chi connectivity index (χ4v) is 2.88. The number of halogens is 1. The van der Waals surface area contributed by atoms with Crippen LogP contribution in [-0.2, 0) is 19.5 Å². The van der Waals surface area contributed by atoms with Crippen LogP contribution in [0.5, 0.6) is 0 Å². The lowest BCUT2D eigenvalue weighted by Crippen LogP contribution is -2.34. The van der Waals surface area contributed by atoms with Gasteiger partial charge in [0.1, 0.15) is 5.82 Å². The average molecular weight is 305 g/mol. The van der Waals surface area contributed by atoms with E-state index in [1.807, 2.05) is 6.07 Å². The van der Waals surface area contributed by atoms with Crippen molar-refractivity contribution in [2.45, 2.75) is 26.4 Å². The van der Waals surface area contributed by atoms with E-state index >= 15 is 0 Å². The third kappa shape index (κ3) is 2.96. The molecule has 4 nitrogen and oxygen atoms in total. The number of hydrogen-bond acceptors (Lipinski definition) is 3. The van der Waals surface area contributed by atoms with Crippen molar-refractivity contribution in [3.05, 3.63) is 61.5 Å². The fraction of sp³-hybridized carbons (Fsp3) is 0.333. The van der Waals surface area contributed by atoms with Crippen molar-refractivity contribution in [1.82, 2.24) is 14.9 Å². The number of H-pyrrole nitrogens is 2. The number of rotatable bonds is 2. The lowest BCUT2D eigenvalue weighted by atomic mass is 10.1. The minimum Gasteiger partial charge on any atom is -0.334 e. The van der Waals surface area contributed by atoms with E-state index in [0.717, 1.165) is 23.4 Å². The molecule has 0 atom stereocenters. The molecule has 0 saturated heterocycles. The molecule has 0 bridgehead atoms. The van der Waals surface area contributed by atoms with E-state index in [9.17, 15) is 9.18 Å². The molecule has 1 aliphatic rings. The highest BCUT2D eigenvalue weighted by molar-refractivity contribution is 7.71. The van der Waals surface area contributed by atoms with Crippen LogP contribution in [-0.4, -0.2) is 21.4 Å². The number of hydrogen-bond donors (Lipinski definition) is 2. The van der Waals surface area contributed by atoms with Crippen molar-refractivity contribution >= 4 is 12.2 Å². The van der Waals surface area contributed by atoms with Crippen LogP contribution in [0.4, 0.5) is 4.39 Å². The van der Waals surface area contributed by atoms with Crippen LogP contribution in [0, 0.1) is 17.5 Å². The molecule has 0 amide bonds. The van der Waals surface area contributed by atoms with Gasteiger partial charge in [0.15, 0.2) is 4.77 Å². The molecule has 2 heterocycles. The Morgan fingerprint density at radius 3 is 2.95 bits per heavy atom. The molecule has 0 saturated carbocycles. The first-order valence-corrected chi connectivity index (χ1v) is 7.25. The number of nitrogens with one attached hydrogen (secondary N) is 2. The van der Waals surface area contributed by atoms with Gasteiger partial charge in [0, 0.05) is 30.9 Å². The van der Waals surface area contributed by atoms with Crippen LogP contribution in [0.1, 0.15) is 22.4 Å². The van der Waals surface area contributed by atoms with Crippen LogP contribution in [0.2, 0.25) is 0 Å². The predicted octanol–water partition coefficient (Wildman–Crippen LogP) is 2.44. The standard InChI is InChI=1S/C15H16FN3OS/c1-9-2-3-10(6-12(9)16)7-19-5-4-11-13(8-19)17-15(21)18-14(11)20/h2-3,6H,4-5,7-8H2,1H3,(H2,17,18,20,21). The molecule has 3 rings (SSSR count). The second-order valence-electron chi connectivity index (χ2n) is 5.41. The van der Waals surface area contributed by atoms with E-state index in [-0.39, 0.29) is 11.4 Å². The van der Waals surface area contributed by atoms with Gasteiger partial charge in [0.25, 0.3) is 5.56 Å². The van der Waals surface area contributed by atoms with Gasteiger partial charge in [-0.3, -0.25) is 14.7 Å². The van der Waals surface area contributed by atoms with Crippen LogP contribution < -0.4 is 5.56 Å². The number of benzene rings is 1. The molecule has 0 spiro atoms. The number of fused-ring (bicyclic) bond motifs is 1. The molecule has 0 unspecified atom stereocenters. The minimum atomic E-state index is -0.180. The van der Waals surface area contributed by atoms with Gasteiger partial charge >= 0.3 is 0 Å². The highest BCUT2D eigenvalue weighted by Crippen LogP contribution is 2.17. The smallest absolute Gasteiger partial charge is 0.255 e. The third-order valence-corrected chi connectivity index (χ3v) is 4.04. The van der Waals surface area contributed by atoms with Gasteiger partial charge in [-0.15, -0.1) is 0 Å². The average Bonchev–Trinajstić information content (AvgIpc) is 2.42. The van der Waals surface area contributed by atoms with Crippen molar-refractivity contribution in [3.63, 3.8) is 0 Å². The van der Waals surface area contributed by atoms with E-state index in [1.54, 1.807) is 19.1 Å². The van der Waals surface area contributed by atoms with E-state index in [4.69, 9.17) is 12.2 Å². The number of aromatic amines is 2. The molecule has 1 aliphatic heterocycles. The second-order valence-corrected chi connectivity index (χ2v) is 5.82. The summed E-state index contributed by atoms with van der Waals surface area (Å²) in [6, 6.07) is 5.31. The van der Waals surface area contributed by atoms with Gasteiger partial charge in [-0.05, 0) is 42.8 Å². The van der Waals surface area contributed by atoms with Gasteiger partial charge in [-0.1, -0.05) is 12.1 Å². The SMILES string of the molecule is Cc1ccc(CN2CCc3c([nH]c(=S)[nH]c3=O)C2)cc1F. The molecule has 2 aromatic rings. The summed E-state index contributed by atoms with van der Waals surface area (Å²) in [4.78, 5) is 19.7. The maximum absolute atomic E-state index is 13.6. The van der Waals surface area contributed by atoms with E-state index in [1.165, 1.54) is 0 Å². The van der Waals surface area contributed by atoms with Gasteiger partial charge in [0.2, 0.25) is 0 Å². The summed E-state index contributed by atoms with van der Waals surface area (Å²) in [5.41, 5.74) is 3.12. The van der Waals surface area contributed by atoms with E-state index in [2.05, 4.69) is 14.9 Å². The molecule has 0 fully saturated rings. The van der Waals surface area contributed by atoms with Gasteiger partial charge in [0.05, 0.1) is 0 Å². The molecular weight excluding hydrogens is 289 g/mol.